The Hall–Kier alpha value is -2.10. The van der Waals surface area contributed by atoms with Crippen LogP contribution in [0, 0.1) is 0 Å². The van der Waals surface area contributed by atoms with Gasteiger partial charge in [0.2, 0.25) is 10.0 Å². The topological polar surface area (TPSA) is 56.8 Å². The third kappa shape index (κ3) is 5.39. The first-order valence-electron chi connectivity index (χ1n) is 10.4. The van der Waals surface area contributed by atoms with Gasteiger partial charge in [-0.3, -0.25) is 9.80 Å². The Bertz CT molecular complexity index is 1110. The quantitative estimate of drug-likeness (QED) is 0.546. The summed E-state index contributed by atoms with van der Waals surface area (Å²) >= 11 is 1.70. The lowest BCUT2D eigenvalue weighted by Crippen LogP contribution is -2.45. The summed E-state index contributed by atoms with van der Waals surface area (Å²) in [4.78, 5) is 9.98. The lowest BCUT2D eigenvalue weighted by atomic mass is 10.2. The van der Waals surface area contributed by atoms with Crippen molar-refractivity contribution in [3.63, 3.8) is 0 Å². The van der Waals surface area contributed by atoms with Crippen molar-refractivity contribution in [2.24, 2.45) is 0 Å². The minimum Gasteiger partial charge on any atom is -0.297 e. The van der Waals surface area contributed by atoms with Gasteiger partial charge in [-0.1, -0.05) is 42.5 Å². The number of aromatic nitrogens is 1. The minimum absolute atomic E-state index is 0.353. The third-order valence-corrected chi connectivity index (χ3v) is 8.26. The van der Waals surface area contributed by atoms with E-state index < -0.39 is 10.0 Å². The Labute approximate surface area is 188 Å². The molecule has 3 aromatic rings. The summed E-state index contributed by atoms with van der Waals surface area (Å²) < 4.78 is 26.0. The molecule has 0 amide bonds. The first-order chi connectivity index (χ1) is 14.9. The fraction of sp³-hybridized carbons (Fsp3) is 0.348. The summed E-state index contributed by atoms with van der Waals surface area (Å²) in [5.41, 5.74) is 3.32. The maximum atomic E-state index is 12.4. The van der Waals surface area contributed by atoms with E-state index in [-0.39, 0.29) is 0 Å². The normalized spacial score (nSPS) is 16.1. The first-order valence-corrected chi connectivity index (χ1v) is 12.7. The van der Waals surface area contributed by atoms with Gasteiger partial charge in [0, 0.05) is 64.3 Å². The smallest absolute Gasteiger partial charge is 0.242 e. The van der Waals surface area contributed by atoms with Crippen LogP contribution in [-0.4, -0.2) is 67.8 Å². The van der Waals surface area contributed by atoms with Crippen molar-refractivity contribution in [1.29, 1.82) is 0 Å². The van der Waals surface area contributed by atoms with Crippen LogP contribution in [0.2, 0.25) is 0 Å². The summed E-state index contributed by atoms with van der Waals surface area (Å²) in [5, 5.41) is 3.23. The molecule has 1 aromatic heterocycles. The van der Waals surface area contributed by atoms with E-state index in [9.17, 15) is 8.42 Å². The number of sulfonamides is 1. The van der Waals surface area contributed by atoms with Crippen LogP contribution in [0.5, 0.6) is 0 Å². The average Bonchev–Trinajstić information content (AvgIpc) is 3.24. The van der Waals surface area contributed by atoms with Crippen LogP contribution in [0.1, 0.15) is 11.3 Å². The van der Waals surface area contributed by atoms with Gasteiger partial charge in [-0.05, 0) is 17.7 Å². The highest BCUT2D eigenvalue weighted by Crippen LogP contribution is 2.24. The number of benzene rings is 2. The maximum absolute atomic E-state index is 12.4. The molecule has 1 aliphatic heterocycles. The number of nitrogens with zero attached hydrogens (tertiary/aromatic N) is 4. The Morgan fingerprint density at radius 2 is 1.61 bits per heavy atom. The van der Waals surface area contributed by atoms with Gasteiger partial charge >= 0.3 is 0 Å². The molecule has 1 saturated heterocycles. The molecule has 164 valence electrons. The number of piperazine rings is 1. The molecular weight excluding hydrogens is 428 g/mol. The lowest BCUT2D eigenvalue weighted by Gasteiger charge is -2.34. The van der Waals surface area contributed by atoms with Crippen LogP contribution >= 0.6 is 11.3 Å². The van der Waals surface area contributed by atoms with Crippen LogP contribution in [-0.2, 0) is 23.1 Å². The molecule has 0 spiro atoms. The number of hydrogen-bond donors (Lipinski definition) is 0. The van der Waals surface area contributed by atoms with Crippen molar-refractivity contribution in [2.45, 2.75) is 18.0 Å². The van der Waals surface area contributed by atoms with Gasteiger partial charge in [0.05, 0.1) is 10.6 Å². The monoisotopic (exact) mass is 456 g/mol. The van der Waals surface area contributed by atoms with Gasteiger partial charge in [-0.25, -0.2) is 17.7 Å². The van der Waals surface area contributed by atoms with Crippen molar-refractivity contribution in [3.05, 3.63) is 71.2 Å². The van der Waals surface area contributed by atoms with E-state index in [0.717, 1.165) is 55.5 Å². The second kappa shape index (κ2) is 9.58. The highest BCUT2D eigenvalue weighted by atomic mass is 32.2. The van der Waals surface area contributed by atoms with Gasteiger partial charge in [0.25, 0.3) is 0 Å². The highest BCUT2D eigenvalue weighted by molar-refractivity contribution is 7.89. The molecule has 0 bridgehead atoms. The number of thiazole rings is 1. The van der Waals surface area contributed by atoms with Gasteiger partial charge < -0.3 is 0 Å². The predicted octanol–water partition coefficient (Wildman–Crippen LogP) is 3.38. The molecule has 0 saturated carbocycles. The molecule has 4 rings (SSSR count). The fourth-order valence-electron chi connectivity index (χ4n) is 3.70. The van der Waals surface area contributed by atoms with Crippen molar-refractivity contribution < 1.29 is 8.42 Å². The highest BCUT2D eigenvalue weighted by Gasteiger charge is 2.20. The summed E-state index contributed by atoms with van der Waals surface area (Å²) in [6.45, 7) is 5.51. The average molecular weight is 457 g/mol. The van der Waals surface area contributed by atoms with Gasteiger partial charge in [-0.15, -0.1) is 11.3 Å². The van der Waals surface area contributed by atoms with Crippen LogP contribution in [0.25, 0.3) is 10.6 Å². The first kappa shape index (κ1) is 22.1. The number of hydrogen-bond acceptors (Lipinski definition) is 6. The predicted molar refractivity (Wildman–Crippen MR) is 125 cm³/mol. The van der Waals surface area contributed by atoms with Crippen molar-refractivity contribution in [1.82, 2.24) is 19.1 Å². The van der Waals surface area contributed by atoms with E-state index in [4.69, 9.17) is 4.98 Å². The van der Waals surface area contributed by atoms with Crippen LogP contribution < -0.4 is 0 Å². The molecule has 2 heterocycles. The summed E-state index contributed by atoms with van der Waals surface area (Å²) in [6, 6.07) is 17.6. The van der Waals surface area contributed by atoms with E-state index in [1.807, 2.05) is 30.3 Å². The maximum Gasteiger partial charge on any atom is 0.242 e. The molecule has 0 radical (unpaired) electrons. The third-order valence-electron chi connectivity index (χ3n) is 5.51. The molecule has 6 nitrogen and oxygen atoms in total. The van der Waals surface area contributed by atoms with Gasteiger partial charge in [-0.2, -0.15) is 0 Å². The zero-order valence-electron chi connectivity index (χ0n) is 17.9. The zero-order valence-corrected chi connectivity index (χ0v) is 19.6. The van der Waals surface area contributed by atoms with Crippen LogP contribution in [0.15, 0.2) is 64.9 Å². The fourth-order valence-corrected chi connectivity index (χ4v) is 5.49. The van der Waals surface area contributed by atoms with E-state index in [1.165, 1.54) is 9.87 Å². The van der Waals surface area contributed by atoms with E-state index >= 15 is 0 Å². The summed E-state index contributed by atoms with van der Waals surface area (Å²) in [7, 11) is -0.277. The number of rotatable bonds is 7. The van der Waals surface area contributed by atoms with E-state index in [0.29, 0.717) is 4.90 Å². The lowest BCUT2D eigenvalue weighted by molar-refractivity contribution is 0.121. The molecule has 0 N–H and O–H groups in total. The van der Waals surface area contributed by atoms with Crippen molar-refractivity contribution in [3.8, 4) is 10.6 Å². The molecule has 8 heteroatoms. The van der Waals surface area contributed by atoms with Crippen LogP contribution in [0.3, 0.4) is 0 Å². The molecule has 31 heavy (non-hydrogen) atoms. The Balaban J connectivity index is 1.31. The Morgan fingerprint density at radius 3 is 2.29 bits per heavy atom. The molecule has 2 aromatic carbocycles. The van der Waals surface area contributed by atoms with Gasteiger partial charge in [0.1, 0.15) is 5.01 Å². The molecule has 0 unspecified atom stereocenters. The molecule has 0 atom stereocenters. The second-order valence-corrected chi connectivity index (χ2v) is 11.0. The zero-order chi connectivity index (χ0) is 21.8. The van der Waals surface area contributed by atoms with E-state index in [2.05, 4.69) is 27.3 Å². The molecule has 0 aliphatic carbocycles. The summed E-state index contributed by atoms with van der Waals surface area (Å²) in [6.07, 6.45) is 0. The Kier molecular flexibility index (Phi) is 6.83. The van der Waals surface area contributed by atoms with Crippen LogP contribution in [0.4, 0.5) is 0 Å². The molecular formula is C23H28N4O2S2. The van der Waals surface area contributed by atoms with Gasteiger partial charge in [0.15, 0.2) is 0 Å². The minimum atomic E-state index is -3.40. The van der Waals surface area contributed by atoms with E-state index in [1.54, 1.807) is 37.6 Å². The second-order valence-electron chi connectivity index (χ2n) is 8.00. The largest absolute Gasteiger partial charge is 0.297 e. The van der Waals surface area contributed by atoms with Crippen molar-refractivity contribution >= 4 is 21.4 Å². The van der Waals surface area contributed by atoms with Crippen molar-refractivity contribution in [2.75, 3.05) is 40.3 Å². The SMILES string of the molecule is CN(C)S(=O)(=O)c1cccc(CN2CCN(Cc3csc(-c4ccccc4)n3)CC2)c1. The standard InChI is InChI=1S/C23H28N4O2S2/c1-25(2)31(28,29)22-10-6-7-19(15-22)16-26-11-13-27(14-12-26)17-21-18-30-23(24-21)20-8-4-3-5-9-20/h3-10,15,18H,11-14,16-17H2,1-2H3. The Morgan fingerprint density at radius 1 is 0.935 bits per heavy atom. The molecule has 1 aliphatic rings. The summed E-state index contributed by atoms with van der Waals surface area (Å²) in [5.74, 6) is 0. The molecule has 1 fully saturated rings.